The van der Waals surface area contributed by atoms with Gasteiger partial charge in [-0.05, 0) is 38.0 Å². The van der Waals surface area contributed by atoms with Gasteiger partial charge in [0, 0.05) is 13.0 Å². The summed E-state index contributed by atoms with van der Waals surface area (Å²) in [4.78, 5) is 48.5. The number of hydrogen-bond donors (Lipinski definition) is 2. The van der Waals surface area contributed by atoms with E-state index in [1.165, 1.54) is 19.2 Å². The normalized spacial score (nSPS) is 11.2. The molecule has 1 aromatic rings. The summed E-state index contributed by atoms with van der Waals surface area (Å²) in [7, 11) is 1.21. The molecule has 0 saturated carbocycles. The third-order valence-electron chi connectivity index (χ3n) is 4.50. The predicted molar refractivity (Wildman–Crippen MR) is 120 cm³/mol. The summed E-state index contributed by atoms with van der Waals surface area (Å²) in [6.07, 6.45) is 2.17. The number of unbranched alkanes of at least 4 members (excludes halogenated alkanes) is 2. The predicted octanol–water partition coefficient (Wildman–Crippen LogP) is 2.38. The van der Waals surface area contributed by atoms with Gasteiger partial charge in [0.2, 0.25) is 5.91 Å². The Labute approximate surface area is 194 Å². The van der Waals surface area contributed by atoms with E-state index in [-0.39, 0.29) is 43.5 Å². The van der Waals surface area contributed by atoms with Gasteiger partial charge >= 0.3 is 18.0 Å². The second-order valence-electron chi connectivity index (χ2n) is 7.04. The Morgan fingerprint density at radius 3 is 2.36 bits per heavy atom. The number of rotatable bonds is 14. The van der Waals surface area contributed by atoms with E-state index in [2.05, 4.69) is 22.3 Å². The minimum atomic E-state index is -0.916. The van der Waals surface area contributed by atoms with Crippen molar-refractivity contribution in [3.8, 4) is 5.75 Å². The SMILES string of the molecule is CCCCCNC(=O)C(Cc1ccc(OCC(=O)OCC)c(C(=O)OCC)c1)NC(=O)OC. The van der Waals surface area contributed by atoms with Gasteiger partial charge in [-0.3, -0.25) is 4.79 Å². The molecule has 0 spiro atoms. The van der Waals surface area contributed by atoms with E-state index in [4.69, 9.17) is 14.2 Å². The summed E-state index contributed by atoms with van der Waals surface area (Å²) >= 11 is 0. The Morgan fingerprint density at radius 2 is 1.73 bits per heavy atom. The van der Waals surface area contributed by atoms with Crippen LogP contribution in [0, 0.1) is 0 Å². The molecule has 0 radical (unpaired) electrons. The molecule has 10 heteroatoms. The monoisotopic (exact) mass is 466 g/mol. The molecule has 10 nitrogen and oxygen atoms in total. The van der Waals surface area contributed by atoms with Crippen LogP contribution in [-0.2, 0) is 30.2 Å². The Kier molecular flexibility index (Phi) is 13.0. The lowest BCUT2D eigenvalue weighted by molar-refractivity contribution is -0.145. The van der Waals surface area contributed by atoms with Crippen LogP contribution in [0.5, 0.6) is 5.75 Å². The van der Waals surface area contributed by atoms with Crippen molar-refractivity contribution in [3.05, 3.63) is 29.3 Å². The molecule has 0 fully saturated rings. The number of carbonyl (C=O) groups is 4. The van der Waals surface area contributed by atoms with Gasteiger partial charge in [0.1, 0.15) is 17.4 Å². The second-order valence-corrected chi connectivity index (χ2v) is 7.04. The van der Waals surface area contributed by atoms with Crippen molar-refractivity contribution in [2.24, 2.45) is 0 Å². The number of nitrogens with one attached hydrogen (secondary N) is 2. The lowest BCUT2D eigenvalue weighted by atomic mass is 10.0. The lowest BCUT2D eigenvalue weighted by Gasteiger charge is -2.19. The number of benzene rings is 1. The van der Waals surface area contributed by atoms with Crippen LogP contribution >= 0.6 is 0 Å². The molecule has 2 N–H and O–H groups in total. The summed E-state index contributed by atoms with van der Waals surface area (Å²) in [6, 6.07) is 3.74. The molecule has 1 rings (SSSR count). The molecule has 0 aliphatic carbocycles. The van der Waals surface area contributed by atoms with Crippen molar-refractivity contribution < 1.29 is 38.1 Å². The van der Waals surface area contributed by atoms with Gasteiger partial charge in [-0.1, -0.05) is 25.8 Å². The highest BCUT2D eigenvalue weighted by Gasteiger charge is 2.23. The van der Waals surface area contributed by atoms with Gasteiger partial charge in [-0.15, -0.1) is 0 Å². The molecule has 1 aromatic carbocycles. The minimum Gasteiger partial charge on any atom is -0.481 e. The molecule has 0 bridgehead atoms. The van der Waals surface area contributed by atoms with Crippen molar-refractivity contribution in [2.75, 3.05) is 33.5 Å². The number of hydrogen-bond acceptors (Lipinski definition) is 8. The van der Waals surface area contributed by atoms with Gasteiger partial charge < -0.3 is 29.6 Å². The van der Waals surface area contributed by atoms with Crippen LogP contribution < -0.4 is 15.4 Å². The topological polar surface area (TPSA) is 129 Å². The highest BCUT2D eigenvalue weighted by molar-refractivity contribution is 5.93. The molecule has 33 heavy (non-hydrogen) atoms. The Hall–Kier alpha value is -3.30. The molecule has 184 valence electrons. The summed E-state index contributed by atoms with van der Waals surface area (Å²) in [5.41, 5.74) is 0.672. The largest absolute Gasteiger partial charge is 0.481 e. The number of esters is 2. The summed E-state index contributed by atoms with van der Waals surface area (Å²) in [6.45, 7) is 5.88. The molecule has 0 aliphatic heterocycles. The first-order valence-electron chi connectivity index (χ1n) is 11.1. The van der Waals surface area contributed by atoms with Gasteiger partial charge in [-0.25, -0.2) is 14.4 Å². The average Bonchev–Trinajstić information content (AvgIpc) is 2.80. The summed E-state index contributed by atoms with van der Waals surface area (Å²) in [5, 5.41) is 5.32. The average molecular weight is 467 g/mol. The highest BCUT2D eigenvalue weighted by Crippen LogP contribution is 2.22. The van der Waals surface area contributed by atoms with Gasteiger partial charge in [0.15, 0.2) is 6.61 Å². The maximum atomic E-state index is 12.6. The van der Waals surface area contributed by atoms with E-state index >= 15 is 0 Å². The zero-order valence-corrected chi connectivity index (χ0v) is 19.7. The quantitative estimate of drug-likeness (QED) is 0.243. The molecule has 0 heterocycles. The van der Waals surface area contributed by atoms with Crippen LogP contribution in [0.15, 0.2) is 18.2 Å². The Balaban J connectivity index is 3.06. The van der Waals surface area contributed by atoms with Crippen molar-refractivity contribution in [2.45, 2.75) is 52.5 Å². The highest BCUT2D eigenvalue weighted by atomic mass is 16.6. The third kappa shape index (κ3) is 10.2. The summed E-state index contributed by atoms with van der Waals surface area (Å²) in [5.74, 6) is -1.43. The van der Waals surface area contributed by atoms with E-state index in [9.17, 15) is 19.2 Å². The van der Waals surface area contributed by atoms with Gasteiger partial charge in [0.25, 0.3) is 0 Å². The first kappa shape index (κ1) is 27.7. The second kappa shape index (κ2) is 15.5. The van der Waals surface area contributed by atoms with E-state index in [0.717, 1.165) is 19.3 Å². The molecular formula is C23H34N2O8. The van der Waals surface area contributed by atoms with E-state index in [1.54, 1.807) is 19.9 Å². The molecule has 0 aliphatic rings. The lowest BCUT2D eigenvalue weighted by Crippen LogP contribution is -2.48. The van der Waals surface area contributed by atoms with E-state index in [1.807, 2.05) is 0 Å². The van der Waals surface area contributed by atoms with Gasteiger partial charge in [0.05, 0.1) is 20.3 Å². The molecule has 0 saturated heterocycles. The molecule has 1 unspecified atom stereocenters. The van der Waals surface area contributed by atoms with Crippen LogP contribution in [0.1, 0.15) is 56.0 Å². The molecule has 0 aromatic heterocycles. The van der Waals surface area contributed by atoms with Crippen molar-refractivity contribution in [1.82, 2.24) is 10.6 Å². The third-order valence-corrected chi connectivity index (χ3v) is 4.50. The number of amides is 2. The number of methoxy groups -OCH3 is 1. The number of carbonyl (C=O) groups excluding carboxylic acids is 4. The van der Waals surface area contributed by atoms with Crippen LogP contribution in [0.2, 0.25) is 0 Å². The first-order chi connectivity index (χ1) is 15.9. The standard InChI is InChI=1S/C23H34N2O8/c1-5-8-9-12-24-21(27)18(25-23(29)30-4)14-16-10-11-19(33-15-20(26)31-6-2)17(13-16)22(28)32-7-3/h10-11,13,18H,5-9,12,14-15H2,1-4H3,(H,24,27)(H,25,29). The first-order valence-corrected chi connectivity index (χ1v) is 11.1. The van der Waals surface area contributed by atoms with Crippen LogP contribution in [0.25, 0.3) is 0 Å². The smallest absolute Gasteiger partial charge is 0.407 e. The van der Waals surface area contributed by atoms with Crippen molar-refractivity contribution in [1.29, 1.82) is 0 Å². The number of alkyl carbamates (subject to hydrolysis) is 1. The van der Waals surface area contributed by atoms with Crippen molar-refractivity contribution >= 4 is 23.9 Å². The molecule has 2 amide bonds. The Bertz CT molecular complexity index is 797. The summed E-state index contributed by atoms with van der Waals surface area (Å²) < 4.78 is 20.0. The van der Waals surface area contributed by atoms with Crippen LogP contribution in [0.3, 0.4) is 0 Å². The van der Waals surface area contributed by atoms with Crippen molar-refractivity contribution in [3.63, 3.8) is 0 Å². The van der Waals surface area contributed by atoms with E-state index < -0.39 is 24.1 Å². The minimum absolute atomic E-state index is 0.0961. The van der Waals surface area contributed by atoms with E-state index in [0.29, 0.717) is 12.1 Å². The van der Waals surface area contributed by atoms with Crippen LogP contribution in [0.4, 0.5) is 4.79 Å². The fourth-order valence-corrected chi connectivity index (χ4v) is 2.89. The number of ether oxygens (including phenoxy) is 4. The molecule has 1 atom stereocenters. The molecular weight excluding hydrogens is 432 g/mol. The fraction of sp³-hybridized carbons (Fsp3) is 0.565. The zero-order chi connectivity index (χ0) is 24.6. The Morgan fingerprint density at radius 1 is 1.00 bits per heavy atom. The maximum Gasteiger partial charge on any atom is 0.407 e. The maximum absolute atomic E-state index is 12.6. The van der Waals surface area contributed by atoms with Gasteiger partial charge in [-0.2, -0.15) is 0 Å². The van der Waals surface area contributed by atoms with Crippen LogP contribution in [-0.4, -0.2) is 63.5 Å². The fourth-order valence-electron chi connectivity index (χ4n) is 2.89. The zero-order valence-electron chi connectivity index (χ0n) is 19.7.